The molecule has 2 aromatic carbocycles. The second-order valence-electron chi connectivity index (χ2n) is 5.00. The van der Waals surface area contributed by atoms with Crippen molar-refractivity contribution in [3.63, 3.8) is 0 Å². The second-order valence-corrected chi connectivity index (χ2v) is 5.00. The van der Waals surface area contributed by atoms with Gasteiger partial charge in [-0.3, -0.25) is 4.79 Å². The van der Waals surface area contributed by atoms with Gasteiger partial charge in [0.1, 0.15) is 12.1 Å². The van der Waals surface area contributed by atoms with Crippen LogP contribution in [0.3, 0.4) is 0 Å². The van der Waals surface area contributed by atoms with Gasteiger partial charge >= 0.3 is 0 Å². The first-order valence-electron chi connectivity index (χ1n) is 6.81. The molecule has 0 aliphatic heterocycles. The Labute approximate surface area is 127 Å². The molecule has 3 rings (SSSR count). The van der Waals surface area contributed by atoms with E-state index in [1.54, 1.807) is 31.2 Å². The third kappa shape index (κ3) is 2.76. The molecule has 0 fully saturated rings. The Bertz CT molecular complexity index is 814. The van der Waals surface area contributed by atoms with Crippen molar-refractivity contribution in [2.45, 2.75) is 6.92 Å². The standard InChI is InChI=1S/C18H13FN2O/c1-12-8-15(6-7-17(12)19)13-2-4-14(5-3-13)18(22)16-9-20-11-21-10-16/h2-11H,1H3. The van der Waals surface area contributed by atoms with E-state index in [0.29, 0.717) is 16.7 Å². The van der Waals surface area contributed by atoms with E-state index >= 15 is 0 Å². The van der Waals surface area contributed by atoms with E-state index in [4.69, 9.17) is 0 Å². The van der Waals surface area contributed by atoms with Gasteiger partial charge in [-0.1, -0.05) is 30.3 Å². The summed E-state index contributed by atoms with van der Waals surface area (Å²) in [7, 11) is 0. The fourth-order valence-corrected chi connectivity index (χ4v) is 2.22. The van der Waals surface area contributed by atoms with Gasteiger partial charge in [-0.25, -0.2) is 14.4 Å². The molecule has 0 radical (unpaired) electrons. The number of nitrogens with zero attached hydrogens (tertiary/aromatic N) is 2. The van der Waals surface area contributed by atoms with Crippen LogP contribution in [0.1, 0.15) is 21.5 Å². The molecule has 108 valence electrons. The van der Waals surface area contributed by atoms with Gasteiger partial charge in [0.15, 0.2) is 5.78 Å². The molecule has 0 saturated heterocycles. The Hall–Kier alpha value is -2.88. The molecule has 3 nitrogen and oxygen atoms in total. The van der Waals surface area contributed by atoms with Gasteiger partial charge in [0.2, 0.25) is 0 Å². The van der Waals surface area contributed by atoms with Crippen LogP contribution >= 0.6 is 0 Å². The van der Waals surface area contributed by atoms with Gasteiger partial charge < -0.3 is 0 Å². The van der Waals surface area contributed by atoms with Crippen LogP contribution in [0, 0.1) is 12.7 Å². The Morgan fingerprint density at radius 1 is 0.909 bits per heavy atom. The molecule has 1 aromatic heterocycles. The van der Waals surface area contributed by atoms with Crippen molar-refractivity contribution in [2.75, 3.05) is 0 Å². The van der Waals surface area contributed by atoms with Crippen molar-refractivity contribution in [3.05, 3.63) is 83.7 Å². The summed E-state index contributed by atoms with van der Waals surface area (Å²) in [6, 6.07) is 12.2. The van der Waals surface area contributed by atoms with Crippen molar-refractivity contribution >= 4 is 5.78 Å². The minimum absolute atomic E-state index is 0.123. The summed E-state index contributed by atoms with van der Waals surface area (Å²) in [6.45, 7) is 1.73. The number of hydrogen-bond acceptors (Lipinski definition) is 3. The Balaban J connectivity index is 1.89. The molecule has 0 N–H and O–H groups in total. The number of carbonyl (C=O) groups is 1. The highest BCUT2D eigenvalue weighted by Gasteiger charge is 2.10. The van der Waals surface area contributed by atoms with Crippen LogP contribution in [0.15, 0.2) is 61.2 Å². The highest BCUT2D eigenvalue weighted by atomic mass is 19.1. The van der Waals surface area contributed by atoms with Crippen LogP contribution in [0.4, 0.5) is 4.39 Å². The van der Waals surface area contributed by atoms with Crippen LogP contribution in [0.5, 0.6) is 0 Å². The predicted molar refractivity (Wildman–Crippen MR) is 82.0 cm³/mol. The minimum atomic E-state index is -0.223. The van der Waals surface area contributed by atoms with E-state index in [2.05, 4.69) is 9.97 Å². The quantitative estimate of drug-likeness (QED) is 0.689. The number of halogens is 1. The molecule has 0 aliphatic carbocycles. The smallest absolute Gasteiger partial charge is 0.196 e. The number of aromatic nitrogens is 2. The third-order valence-corrected chi connectivity index (χ3v) is 3.46. The SMILES string of the molecule is Cc1cc(-c2ccc(C(=O)c3cncnc3)cc2)ccc1F. The minimum Gasteiger partial charge on any atom is -0.288 e. The lowest BCUT2D eigenvalue weighted by Crippen LogP contribution is -2.02. The highest BCUT2D eigenvalue weighted by Crippen LogP contribution is 2.23. The molecule has 22 heavy (non-hydrogen) atoms. The van der Waals surface area contributed by atoms with Crippen molar-refractivity contribution in [1.29, 1.82) is 0 Å². The van der Waals surface area contributed by atoms with Gasteiger partial charge in [-0.05, 0) is 35.7 Å². The molecule has 0 spiro atoms. The Morgan fingerprint density at radius 3 is 2.18 bits per heavy atom. The normalized spacial score (nSPS) is 10.5. The number of aryl methyl sites for hydroxylation is 1. The fraction of sp³-hybridized carbons (Fsp3) is 0.0556. The van der Waals surface area contributed by atoms with Gasteiger partial charge in [-0.15, -0.1) is 0 Å². The number of ketones is 1. The molecule has 3 aromatic rings. The Kier molecular flexibility index (Phi) is 3.74. The molecule has 0 amide bonds. The van der Waals surface area contributed by atoms with E-state index in [-0.39, 0.29) is 11.6 Å². The summed E-state index contributed by atoms with van der Waals surface area (Å²) >= 11 is 0. The first kappa shape index (κ1) is 14.1. The van der Waals surface area contributed by atoms with E-state index in [9.17, 15) is 9.18 Å². The topological polar surface area (TPSA) is 42.9 Å². The monoisotopic (exact) mass is 292 g/mol. The summed E-state index contributed by atoms with van der Waals surface area (Å²) in [5, 5.41) is 0. The molecule has 0 unspecified atom stereocenters. The summed E-state index contributed by atoms with van der Waals surface area (Å²) in [4.78, 5) is 20.0. The lowest BCUT2D eigenvalue weighted by molar-refractivity contribution is 0.103. The zero-order valence-corrected chi connectivity index (χ0v) is 12.0. The average Bonchev–Trinajstić information content (AvgIpc) is 2.58. The van der Waals surface area contributed by atoms with Crippen molar-refractivity contribution < 1.29 is 9.18 Å². The number of hydrogen-bond donors (Lipinski definition) is 0. The number of benzene rings is 2. The number of carbonyl (C=O) groups excluding carboxylic acids is 1. The molecule has 0 bridgehead atoms. The van der Waals surface area contributed by atoms with Crippen LogP contribution in [-0.4, -0.2) is 15.8 Å². The molecule has 0 atom stereocenters. The predicted octanol–water partition coefficient (Wildman–Crippen LogP) is 3.82. The third-order valence-electron chi connectivity index (χ3n) is 3.46. The zero-order valence-electron chi connectivity index (χ0n) is 12.0. The number of rotatable bonds is 3. The maximum atomic E-state index is 13.3. The molecular weight excluding hydrogens is 279 g/mol. The van der Waals surface area contributed by atoms with Crippen molar-refractivity contribution in [2.24, 2.45) is 0 Å². The van der Waals surface area contributed by atoms with Gasteiger partial charge in [0.25, 0.3) is 0 Å². The van der Waals surface area contributed by atoms with Crippen molar-refractivity contribution in [3.8, 4) is 11.1 Å². The lowest BCUT2D eigenvalue weighted by atomic mass is 9.99. The van der Waals surface area contributed by atoms with E-state index in [1.807, 2.05) is 12.1 Å². The maximum Gasteiger partial charge on any atom is 0.196 e. The summed E-state index contributed by atoms with van der Waals surface area (Å²) in [6.07, 6.45) is 4.37. The average molecular weight is 292 g/mol. The van der Waals surface area contributed by atoms with E-state index in [1.165, 1.54) is 24.8 Å². The Morgan fingerprint density at radius 2 is 1.55 bits per heavy atom. The van der Waals surface area contributed by atoms with E-state index in [0.717, 1.165) is 11.1 Å². The second kappa shape index (κ2) is 5.85. The first-order chi connectivity index (χ1) is 10.6. The summed E-state index contributed by atoms with van der Waals surface area (Å²) < 4.78 is 13.3. The first-order valence-corrected chi connectivity index (χ1v) is 6.81. The van der Waals surface area contributed by atoms with Gasteiger partial charge in [-0.2, -0.15) is 0 Å². The van der Waals surface area contributed by atoms with Crippen LogP contribution in [-0.2, 0) is 0 Å². The summed E-state index contributed by atoms with van der Waals surface area (Å²) in [5.41, 5.74) is 3.47. The van der Waals surface area contributed by atoms with Crippen LogP contribution < -0.4 is 0 Å². The maximum absolute atomic E-state index is 13.3. The lowest BCUT2D eigenvalue weighted by Gasteiger charge is -2.05. The van der Waals surface area contributed by atoms with Crippen LogP contribution in [0.2, 0.25) is 0 Å². The van der Waals surface area contributed by atoms with Crippen molar-refractivity contribution in [1.82, 2.24) is 9.97 Å². The van der Waals surface area contributed by atoms with Crippen LogP contribution in [0.25, 0.3) is 11.1 Å². The molecule has 0 aliphatic rings. The molecule has 4 heteroatoms. The molecule has 1 heterocycles. The fourth-order valence-electron chi connectivity index (χ4n) is 2.22. The largest absolute Gasteiger partial charge is 0.288 e. The van der Waals surface area contributed by atoms with Gasteiger partial charge in [0, 0.05) is 18.0 Å². The molecule has 0 saturated carbocycles. The van der Waals surface area contributed by atoms with E-state index < -0.39 is 0 Å². The molecular formula is C18H13FN2O. The highest BCUT2D eigenvalue weighted by molar-refractivity contribution is 6.08. The van der Waals surface area contributed by atoms with Gasteiger partial charge in [0.05, 0.1) is 5.56 Å². The zero-order chi connectivity index (χ0) is 15.5. The summed E-state index contributed by atoms with van der Waals surface area (Å²) in [5.74, 6) is -0.345.